The summed E-state index contributed by atoms with van der Waals surface area (Å²) in [4.78, 5) is 0. The Hall–Kier alpha value is -1.24. The zero-order chi connectivity index (χ0) is 11.1. The summed E-state index contributed by atoms with van der Waals surface area (Å²) in [5.74, 6) is 0.503. The van der Waals surface area contributed by atoms with E-state index in [4.69, 9.17) is 26.7 Å². The summed E-state index contributed by atoms with van der Waals surface area (Å²) in [5, 5.41) is 17.8. The maximum atomic E-state index is 8.85. The molecular formula is C11H12ClNO2. The molecule has 0 aliphatic rings. The fourth-order valence-electron chi connectivity index (χ4n) is 1.13. The minimum Gasteiger partial charge on any atom is -0.492 e. The molecule has 0 aromatic heterocycles. The number of benzene rings is 1. The van der Waals surface area contributed by atoms with Gasteiger partial charge in [-0.3, -0.25) is 0 Å². The molecule has 1 rings (SSSR count). The summed E-state index contributed by atoms with van der Waals surface area (Å²) in [6.07, 6.45) is 1.45. The summed E-state index contributed by atoms with van der Waals surface area (Å²) in [6, 6.07) is 7.10. The molecule has 0 saturated carbocycles. The molecule has 80 valence electrons. The van der Waals surface area contributed by atoms with Crippen LogP contribution in [0.4, 0.5) is 0 Å². The second-order valence-electron chi connectivity index (χ2n) is 3.00. The van der Waals surface area contributed by atoms with Crippen LogP contribution in [-0.4, -0.2) is 18.3 Å². The van der Waals surface area contributed by atoms with E-state index >= 15 is 0 Å². The standard InChI is InChI=1S/C11H12ClNO2/c12-10-4-3-5-11(9(10)8-13)15-7-2-1-6-14/h3-5,14H,1-2,6-7H2. The summed E-state index contributed by atoms with van der Waals surface area (Å²) in [7, 11) is 0. The third-order valence-corrected chi connectivity index (χ3v) is 2.21. The average molecular weight is 226 g/mol. The highest BCUT2D eigenvalue weighted by Gasteiger charge is 2.06. The maximum absolute atomic E-state index is 8.85. The van der Waals surface area contributed by atoms with Crippen LogP contribution in [0.15, 0.2) is 18.2 Å². The molecule has 0 spiro atoms. The van der Waals surface area contributed by atoms with Crippen LogP contribution in [0.5, 0.6) is 5.75 Å². The molecule has 1 N–H and O–H groups in total. The Balaban J connectivity index is 2.61. The van der Waals surface area contributed by atoms with E-state index in [0.717, 1.165) is 6.42 Å². The summed E-state index contributed by atoms with van der Waals surface area (Å²) in [6.45, 7) is 0.638. The monoisotopic (exact) mass is 225 g/mol. The fraction of sp³-hybridized carbons (Fsp3) is 0.364. The highest BCUT2D eigenvalue weighted by Crippen LogP contribution is 2.25. The van der Waals surface area contributed by atoms with Gasteiger partial charge in [0.15, 0.2) is 0 Å². The molecule has 3 nitrogen and oxygen atoms in total. The van der Waals surface area contributed by atoms with Crippen LogP contribution >= 0.6 is 11.6 Å². The van der Waals surface area contributed by atoms with Crippen LogP contribution in [0.3, 0.4) is 0 Å². The van der Waals surface area contributed by atoms with E-state index < -0.39 is 0 Å². The van der Waals surface area contributed by atoms with Gasteiger partial charge in [-0.15, -0.1) is 0 Å². The third kappa shape index (κ3) is 3.43. The molecule has 1 aromatic carbocycles. The molecule has 0 radical (unpaired) electrons. The van der Waals surface area contributed by atoms with Gasteiger partial charge in [-0.25, -0.2) is 0 Å². The van der Waals surface area contributed by atoms with Crippen molar-refractivity contribution in [2.45, 2.75) is 12.8 Å². The van der Waals surface area contributed by atoms with Crippen LogP contribution < -0.4 is 4.74 Å². The third-order valence-electron chi connectivity index (χ3n) is 1.90. The van der Waals surface area contributed by atoms with Crippen molar-refractivity contribution in [3.8, 4) is 11.8 Å². The Morgan fingerprint density at radius 1 is 1.40 bits per heavy atom. The van der Waals surface area contributed by atoms with Gasteiger partial charge in [0.2, 0.25) is 0 Å². The number of unbranched alkanes of at least 4 members (excludes halogenated alkanes) is 1. The zero-order valence-corrected chi connectivity index (χ0v) is 9.00. The zero-order valence-electron chi connectivity index (χ0n) is 8.24. The van der Waals surface area contributed by atoms with Gasteiger partial charge < -0.3 is 9.84 Å². The Bertz CT molecular complexity index is 360. The van der Waals surface area contributed by atoms with Crippen LogP contribution in [0.1, 0.15) is 18.4 Å². The molecule has 0 heterocycles. The smallest absolute Gasteiger partial charge is 0.138 e. The molecule has 0 atom stereocenters. The molecule has 0 aliphatic carbocycles. The Kier molecular flexibility index (Phi) is 4.96. The van der Waals surface area contributed by atoms with Crippen molar-refractivity contribution in [3.63, 3.8) is 0 Å². The van der Waals surface area contributed by atoms with Gasteiger partial charge in [0.05, 0.1) is 11.6 Å². The van der Waals surface area contributed by atoms with E-state index in [9.17, 15) is 0 Å². The summed E-state index contributed by atoms with van der Waals surface area (Å²) < 4.78 is 5.39. The van der Waals surface area contributed by atoms with Gasteiger partial charge in [-0.05, 0) is 25.0 Å². The highest BCUT2D eigenvalue weighted by molar-refractivity contribution is 6.31. The maximum Gasteiger partial charge on any atom is 0.138 e. The lowest BCUT2D eigenvalue weighted by Crippen LogP contribution is -2.00. The van der Waals surface area contributed by atoms with E-state index in [1.807, 2.05) is 6.07 Å². The summed E-state index contributed by atoms with van der Waals surface area (Å²) >= 11 is 5.83. The van der Waals surface area contributed by atoms with Gasteiger partial charge in [0.1, 0.15) is 17.4 Å². The molecule has 15 heavy (non-hydrogen) atoms. The number of aliphatic hydroxyl groups is 1. The number of hydrogen-bond donors (Lipinski definition) is 1. The van der Waals surface area contributed by atoms with Crippen molar-refractivity contribution in [3.05, 3.63) is 28.8 Å². The number of halogens is 1. The van der Waals surface area contributed by atoms with Crippen molar-refractivity contribution in [1.29, 1.82) is 5.26 Å². The molecule has 0 amide bonds. The lowest BCUT2D eigenvalue weighted by Gasteiger charge is -2.07. The molecule has 0 aliphatic heterocycles. The van der Waals surface area contributed by atoms with E-state index in [1.54, 1.807) is 18.2 Å². The second-order valence-corrected chi connectivity index (χ2v) is 3.41. The van der Waals surface area contributed by atoms with Gasteiger partial charge in [0, 0.05) is 6.61 Å². The Labute approximate surface area is 93.9 Å². The average Bonchev–Trinajstić information content (AvgIpc) is 2.24. The molecule has 4 heteroatoms. The second kappa shape index (κ2) is 6.28. The molecule has 0 bridgehead atoms. The SMILES string of the molecule is N#Cc1c(Cl)cccc1OCCCCO. The van der Waals surface area contributed by atoms with Gasteiger partial charge in [-0.2, -0.15) is 5.26 Å². The number of nitrogens with zero attached hydrogens (tertiary/aromatic N) is 1. The van der Waals surface area contributed by atoms with E-state index in [0.29, 0.717) is 29.4 Å². The molecule has 0 unspecified atom stereocenters. The summed E-state index contributed by atoms with van der Waals surface area (Å²) in [5.41, 5.74) is 0.364. The normalized spacial score (nSPS) is 9.67. The number of hydrogen-bond acceptors (Lipinski definition) is 3. The quantitative estimate of drug-likeness (QED) is 0.783. The van der Waals surface area contributed by atoms with E-state index in [1.165, 1.54) is 0 Å². The minimum atomic E-state index is 0.157. The minimum absolute atomic E-state index is 0.157. The van der Waals surface area contributed by atoms with E-state index in [2.05, 4.69) is 0 Å². The number of aliphatic hydroxyl groups excluding tert-OH is 1. The predicted molar refractivity (Wildman–Crippen MR) is 58.0 cm³/mol. The highest BCUT2D eigenvalue weighted by atomic mass is 35.5. The lowest BCUT2D eigenvalue weighted by atomic mass is 10.2. The van der Waals surface area contributed by atoms with Crippen molar-refractivity contribution >= 4 is 11.6 Å². The largest absolute Gasteiger partial charge is 0.492 e. The number of ether oxygens (including phenoxy) is 1. The molecule has 0 fully saturated rings. The van der Waals surface area contributed by atoms with Crippen molar-refractivity contribution in [2.75, 3.05) is 13.2 Å². The van der Waals surface area contributed by atoms with Crippen molar-refractivity contribution in [1.82, 2.24) is 0 Å². The molecular weight excluding hydrogens is 214 g/mol. The van der Waals surface area contributed by atoms with Crippen molar-refractivity contribution < 1.29 is 9.84 Å². The van der Waals surface area contributed by atoms with Crippen LogP contribution in [0.25, 0.3) is 0 Å². The topological polar surface area (TPSA) is 53.2 Å². The molecule has 1 aromatic rings. The van der Waals surface area contributed by atoms with Gasteiger partial charge in [-0.1, -0.05) is 17.7 Å². The Morgan fingerprint density at radius 2 is 2.20 bits per heavy atom. The van der Waals surface area contributed by atoms with Gasteiger partial charge in [0.25, 0.3) is 0 Å². The van der Waals surface area contributed by atoms with Crippen LogP contribution in [0, 0.1) is 11.3 Å². The van der Waals surface area contributed by atoms with Gasteiger partial charge >= 0.3 is 0 Å². The Morgan fingerprint density at radius 3 is 2.87 bits per heavy atom. The first-order valence-corrected chi connectivity index (χ1v) is 5.09. The first kappa shape index (κ1) is 11.8. The molecule has 0 saturated heterocycles. The van der Waals surface area contributed by atoms with Crippen molar-refractivity contribution in [2.24, 2.45) is 0 Å². The number of rotatable bonds is 5. The van der Waals surface area contributed by atoms with Crippen LogP contribution in [-0.2, 0) is 0 Å². The van der Waals surface area contributed by atoms with E-state index in [-0.39, 0.29) is 6.61 Å². The fourth-order valence-corrected chi connectivity index (χ4v) is 1.34. The van der Waals surface area contributed by atoms with Crippen LogP contribution in [0.2, 0.25) is 5.02 Å². The predicted octanol–water partition coefficient (Wildman–Crippen LogP) is 2.36. The first-order valence-electron chi connectivity index (χ1n) is 4.72. The number of nitriles is 1. The first-order chi connectivity index (χ1) is 7.29. The lowest BCUT2D eigenvalue weighted by molar-refractivity contribution is 0.253.